The van der Waals surface area contributed by atoms with Gasteiger partial charge in [0.1, 0.15) is 0 Å². The number of para-hydroxylation sites is 1. The minimum Gasteiger partial charge on any atom is -0.356 e. The van der Waals surface area contributed by atoms with E-state index in [4.69, 9.17) is 0 Å². The van der Waals surface area contributed by atoms with Crippen molar-refractivity contribution in [1.29, 1.82) is 0 Å². The van der Waals surface area contributed by atoms with Crippen molar-refractivity contribution < 1.29 is 9.59 Å². The third-order valence-corrected chi connectivity index (χ3v) is 5.12. The van der Waals surface area contributed by atoms with E-state index in [1.54, 1.807) is 0 Å². The highest BCUT2D eigenvalue weighted by molar-refractivity contribution is 5.94. The number of aryl methyl sites for hydroxylation is 1. The lowest BCUT2D eigenvalue weighted by molar-refractivity contribution is -0.120. The molecule has 2 amide bonds. The maximum atomic E-state index is 11.9. The van der Waals surface area contributed by atoms with Gasteiger partial charge < -0.3 is 20.1 Å². The summed E-state index contributed by atoms with van der Waals surface area (Å²) in [7, 11) is 2.01. The molecule has 1 saturated heterocycles. The number of anilines is 1. The van der Waals surface area contributed by atoms with E-state index >= 15 is 0 Å². The van der Waals surface area contributed by atoms with Gasteiger partial charge in [0.15, 0.2) is 5.82 Å². The number of rotatable bonds is 6. The average molecular weight is 395 g/mol. The molecule has 9 heteroatoms. The van der Waals surface area contributed by atoms with Crippen molar-refractivity contribution in [3.8, 4) is 11.4 Å². The summed E-state index contributed by atoms with van der Waals surface area (Å²) in [5.41, 5.74) is 2.12. The molecule has 4 rings (SSSR count). The molecule has 3 aromatic rings. The van der Waals surface area contributed by atoms with Crippen LogP contribution in [0.4, 0.5) is 5.95 Å². The van der Waals surface area contributed by atoms with Crippen molar-refractivity contribution in [2.24, 2.45) is 7.05 Å². The van der Waals surface area contributed by atoms with Crippen LogP contribution < -0.4 is 15.5 Å². The lowest BCUT2D eigenvalue weighted by Crippen LogP contribution is -2.48. The molecule has 0 aliphatic carbocycles. The Bertz CT molecular complexity index is 1050. The molecule has 0 saturated carbocycles. The number of fused-ring (bicyclic) bond motifs is 1. The fourth-order valence-electron chi connectivity index (χ4n) is 3.76. The predicted octanol–water partition coefficient (Wildman–Crippen LogP) is 0.899. The minimum absolute atomic E-state index is 0.0178. The number of hydrogen-bond donors (Lipinski definition) is 2. The number of carbonyl (C=O) groups excluding carboxylic acids is 2. The maximum Gasteiger partial charge on any atom is 0.239 e. The molecule has 1 aromatic carbocycles. The molecular formula is C20H25N7O2. The zero-order valence-corrected chi connectivity index (χ0v) is 16.7. The van der Waals surface area contributed by atoms with Crippen molar-refractivity contribution in [2.45, 2.75) is 19.9 Å². The molecule has 0 atom stereocenters. The predicted molar refractivity (Wildman–Crippen MR) is 110 cm³/mol. The minimum atomic E-state index is -0.0454. The highest BCUT2D eigenvalue weighted by Crippen LogP contribution is 2.31. The summed E-state index contributed by atoms with van der Waals surface area (Å²) < 4.78 is 4.14. The highest BCUT2D eigenvalue weighted by atomic mass is 16.2. The van der Waals surface area contributed by atoms with Gasteiger partial charge in [0.05, 0.1) is 6.54 Å². The van der Waals surface area contributed by atoms with Gasteiger partial charge in [-0.3, -0.25) is 14.2 Å². The van der Waals surface area contributed by atoms with Crippen LogP contribution in [0.25, 0.3) is 22.3 Å². The molecule has 1 fully saturated rings. The molecule has 1 aliphatic heterocycles. The van der Waals surface area contributed by atoms with Crippen LogP contribution in [-0.2, 0) is 23.2 Å². The summed E-state index contributed by atoms with van der Waals surface area (Å²) >= 11 is 0. The topological polar surface area (TPSA) is 97.1 Å². The van der Waals surface area contributed by atoms with Crippen molar-refractivity contribution in [3.05, 3.63) is 30.5 Å². The largest absolute Gasteiger partial charge is 0.356 e. The van der Waals surface area contributed by atoms with E-state index in [9.17, 15) is 9.59 Å². The first-order chi connectivity index (χ1) is 14.0. The average Bonchev–Trinajstić information content (AvgIpc) is 3.26. The Labute approximate surface area is 168 Å². The van der Waals surface area contributed by atoms with E-state index < -0.39 is 0 Å². The van der Waals surface area contributed by atoms with E-state index in [1.807, 2.05) is 24.1 Å². The number of hydrogen-bond acceptors (Lipinski definition) is 5. The Morgan fingerprint density at radius 2 is 2.10 bits per heavy atom. The van der Waals surface area contributed by atoms with E-state index in [0.29, 0.717) is 32.1 Å². The zero-order chi connectivity index (χ0) is 20.4. The standard InChI is InChI=1S/C20H25N7O2/c1-14(28)21-8-5-10-27-19(16-12-25(2)17-7-4-3-6-15(16)17)23-24-20(27)26-11-9-22-18(29)13-26/h3-4,6-7,12H,5,8-11,13H2,1-2H3,(H,21,28)(H,22,29). The monoisotopic (exact) mass is 395 g/mol. The fourth-order valence-corrected chi connectivity index (χ4v) is 3.76. The smallest absolute Gasteiger partial charge is 0.239 e. The van der Waals surface area contributed by atoms with Crippen LogP contribution in [0.1, 0.15) is 13.3 Å². The number of carbonyl (C=O) groups is 2. The molecular weight excluding hydrogens is 370 g/mol. The van der Waals surface area contributed by atoms with Crippen molar-refractivity contribution in [1.82, 2.24) is 30.0 Å². The second-order valence-corrected chi connectivity index (χ2v) is 7.25. The normalized spacial score (nSPS) is 14.3. The van der Waals surface area contributed by atoms with E-state index in [2.05, 4.69) is 48.3 Å². The van der Waals surface area contributed by atoms with Gasteiger partial charge in [-0.15, -0.1) is 10.2 Å². The van der Waals surface area contributed by atoms with Crippen molar-refractivity contribution >= 4 is 28.7 Å². The van der Waals surface area contributed by atoms with E-state index in [-0.39, 0.29) is 18.4 Å². The summed E-state index contributed by atoms with van der Waals surface area (Å²) in [5, 5.41) is 15.7. The second-order valence-electron chi connectivity index (χ2n) is 7.25. The van der Waals surface area contributed by atoms with Crippen LogP contribution >= 0.6 is 0 Å². The van der Waals surface area contributed by atoms with Crippen molar-refractivity contribution in [3.63, 3.8) is 0 Å². The van der Waals surface area contributed by atoms with Crippen molar-refractivity contribution in [2.75, 3.05) is 31.1 Å². The Balaban J connectivity index is 1.72. The van der Waals surface area contributed by atoms with Gasteiger partial charge in [-0.05, 0) is 12.5 Å². The number of piperazine rings is 1. The number of benzene rings is 1. The Kier molecular flexibility index (Phi) is 5.20. The van der Waals surface area contributed by atoms with Crippen LogP contribution in [0.2, 0.25) is 0 Å². The quantitative estimate of drug-likeness (QED) is 0.605. The van der Waals surface area contributed by atoms with E-state index in [0.717, 1.165) is 28.7 Å². The van der Waals surface area contributed by atoms with Gasteiger partial charge in [0.2, 0.25) is 17.8 Å². The molecule has 152 valence electrons. The highest BCUT2D eigenvalue weighted by Gasteiger charge is 2.25. The first-order valence-corrected chi connectivity index (χ1v) is 9.78. The van der Waals surface area contributed by atoms with Crippen LogP contribution in [0.5, 0.6) is 0 Å². The molecule has 0 unspecified atom stereocenters. The van der Waals surface area contributed by atoms with Crippen LogP contribution in [-0.4, -0.2) is 57.3 Å². The fraction of sp³-hybridized carbons (Fsp3) is 0.400. The SMILES string of the molecule is CC(=O)NCCCn1c(-c2cn(C)c3ccccc23)nnc1N1CCNC(=O)C1. The summed E-state index contributed by atoms with van der Waals surface area (Å²) in [6.07, 6.45) is 2.80. The summed E-state index contributed by atoms with van der Waals surface area (Å²) in [6, 6.07) is 8.18. The zero-order valence-electron chi connectivity index (χ0n) is 16.7. The van der Waals surface area contributed by atoms with Crippen LogP contribution in [0, 0.1) is 0 Å². The van der Waals surface area contributed by atoms with Crippen LogP contribution in [0.15, 0.2) is 30.5 Å². The maximum absolute atomic E-state index is 11.9. The molecule has 9 nitrogen and oxygen atoms in total. The molecule has 29 heavy (non-hydrogen) atoms. The first kappa shape index (κ1) is 19.0. The number of amides is 2. The van der Waals surface area contributed by atoms with Gasteiger partial charge >= 0.3 is 0 Å². The second kappa shape index (κ2) is 7.94. The Morgan fingerprint density at radius 3 is 2.90 bits per heavy atom. The van der Waals surface area contributed by atoms with Gasteiger partial charge in [-0.1, -0.05) is 18.2 Å². The lowest BCUT2D eigenvalue weighted by atomic mass is 10.1. The summed E-state index contributed by atoms with van der Waals surface area (Å²) in [5.74, 6) is 1.39. The lowest BCUT2D eigenvalue weighted by Gasteiger charge is -2.27. The summed E-state index contributed by atoms with van der Waals surface area (Å²) in [6.45, 7) is 4.26. The van der Waals surface area contributed by atoms with E-state index in [1.165, 1.54) is 6.92 Å². The Hall–Kier alpha value is -3.36. The molecule has 3 heterocycles. The molecule has 1 aliphatic rings. The molecule has 2 N–H and O–H groups in total. The first-order valence-electron chi connectivity index (χ1n) is 9.78. The molecule has 0 spiro atoms. The number of nitrogens with one attached hydrogen (secondary N) is 2. The third-order valence-electron chi connectivity index (χ3n) is 5.12. The number of nitrogens with zero attached hydrogens (tertiary/aromatic N) is 5. The molecule has 2 aromatic heterocycles. The number of aromatic nitrogens is 4. The summed E-state index contributed by atoms with van der Waals surface area (Å²) in [4.78, 5) is 25.0. The third kappa shape index (κ3) is 3.80. The molecule has 0 bridgehead atoms. The molecule has 0 radical (unpaired) electrons. The van der Waals surface area contributed by atoms with Gasteiger partial charge in [0, 0.05) is 62.8 Å². The van der Waals surface area contributed by atoms with Gasteiger partial charge in [-0.2, -0.15) is 0 Å². The van der Waals surface area contributed by atoms with Gasteiger partial charge in [0.25, 0.3) is 0 Å². The Morgan fingerprint density at radius 1 is 1.28 bits per heavy atom. The van der Waals surface area contributed by atoms with Gasteiger partial charge in [-0.25, -0.2) is 0 Å². The van der Waals surface area contributed by atoms with Crippen LogP contribution in [0.3, 0.4) is 0 Å².